The molecule has 2 aliphatic rings. The van der Waals surface area contributed by atoms with Crippen LogP contribution in [0, 0.1) is 28.6 Å². The van der Waals surface area contributed by atoms with Crippen LogP contribution >= 0.6 is 0 Å². The molecule has 4 rings (SSSR count). The number of hydrogen-bond acceptors (Lipinski definition) is 7. The lowest BCUT2D eigenvalue weighted by molar-refractivity contribution is 0.0594. The number of esters is 1. The second-order valence-electron chi connectivity index (χ2n) is 8.07. The molecular formula is C26H20N4O4. The molecule has 0 aromatic heterocycles. The van der Waals surface area contributed by atoms with E-state index in [2.05, 4.69) is 17.1 Å². The maximum Gasteiger partial charge on any atom is 0.337 e. The second kappa shape index (κ2) is 8.76. The summed E-state index contributed by atoms with van der Waals surface area (Å²) in [5, 5.41) is 20.0. The van der Waals surface area contributed by atoms with E-state index in [1.165, 1.54) is 7.11 Å². The first-order valence-corrected chi connectivity index (χ1v) is 10.6. The van der Waals surface area contributed by atoms with E-state index in [0.717, 1.165) is 4.90 Å². The van der Waals surface area contributed by atoms with Crippen LogP contribution in [-0.4, -0.2) is 41.5 Å². The van der Waals surface area contributed by atoms with Gasteiger partial charge in [0.05, 0.1) is 59.2 Å². The summed E-state index contributed by atoms with van der Waals surface area (Å²) in [4.78, 5) is 43.8. The topological polar surface area (TPSA) is 124 Å². The Bertz CT molecular complexity index is 1340. The van der Waals surface area contributed by atoms with Crippen molar-refractivity contribution < 1.29 is 19.1 Å². The monoisotopic (exact) mass is 452 g/mol. The van der Waals surface area contributed by atoms with E-state index in [0.29, 0.717) is 22.4 Å². The molecule has 0 saturated heterocycles. The maximum absolute atomic E-state index is 13.0. The molecule has 8 heteroatoms. The van der Waals surface area contributed by atoms with Gasteiger partial charge in [0.15, 0.2) is 0 Å². The van der Waals surface area contributed by atoms with E-state index in [1.807, 2.05) is 0 Å². The SMILES string of the molecule is COC(=O)c1cccc(C2C(C#N)=C(C(C)N3C(=O)c4ccccc4C3=O)N=C(C)C2C#N)c1. The van der Waals surface area contributed by atoms with Gasteiger partial charge in [-0.1, -0.05) is 24.3 Å². The van der Waals surface area contributed by atoms with Crippen LogP contribution in [0.5, 0.6) is 0 Å². The summed E-state index contributed by atoms with van der Waals surface area (Å²) in [5.41, 5.74) is 2.31. The number of hydrogen-bond donors (Lipinski definition) is 0. The Kier molecular flexibility index (Phi) is 5.83. The van der Waals surface area contributed by atoms with Crippen molar-refractivity contribution in [2.45, 2.75) is 25.8 Å². The highest BCUT2D eigenvalue weighted by atomic mass is 16.5. The Balaban J connectivity index is 1.84. The molecule has 0 bridgehead atoms. The van der Waals surface area contributed by atoms with Crippen molar-refractivity contribution in [1.29, 1.82) is 10.5 Å². The molecule has 34 heavy (non-hydrogen) atoms. The number of fused-ring (bicyclic) bond motifs is 1. The van der Waals surface area contributed by atoms with Crippen molar-refractivity contribution in [1.82, 2.24) is 4.90 Å². The maximum atomic E-state index is 13.0. The van der Waals surface area contributed by atoms with Gasteiger partial charge in [-0.3, -0.25) is 19.5 Å². The summed E-state index contributed by atoms with van der Waals surface area (Å²) in [6.45, 7) is 3.31. The van der Waals surface area contributed by atoms with Gasteiger partial charge in [0, 0.05) is 11.6 Å². The largest absolute Gasteiger partial charge is 0.465 e. The Morgan fingerprint density at radius 3 is 2.29 bits per heavy atom. The third kappa shape index (κ3) is 3.46. The van der Waals surface area contributed by atoms with Gasteiger partial charge in [0.25, 0.3) is 11.8 Å². The summed E-state index contributed by atoms with van der Waals surface area (Å²) < 4.78 is 4.80. The Hall–Kier alpha value is -4.56. The average Bonchev–Trinajstić information content (AvgIpc) is 3.12. The lowest BCUT2D eigenvalue weighted by Gasteiger charge is -2.32. The first-order chi connectivity index (χ1) is 16.3. The number of nitriles is 2. The number of carbonyl (C=O) groups is 3. The lowest BCUT2D eigenvalue weighted by Crippen LogP contribution is -2.41. The highest BCUT2D eigenvalue weighted by Gasteiger charge is 2.43. The Morgan fingerprint density at radius 2 is 1.74 bits per heavy atom. The molecule has 2 aromatic carbocycles. The number of aliphatic imine (C=N–C) groups is 1. The average molecular weight is 452 g/mol. The first-order valence-electron chi connectivity index (χ1n) is 10.6. The van der Waals surface area contributed by atoms with Crippen LogP contribution in [0.15, 0.2) is 64.8 Å². The van der Waals surface area contributed by atoms with E-state index < -0.39 is 35.7 Å². The molecule has 2 heterocycles. The third-order valence-corrected chi connectivity index (χ3v) is 6.20. The highest BCUT2D eigenvalue weighted by Crippen LogP contribution is 2.41. The van der Waals surface area contributed by atoms with E-state index in [-0.39, 0.29) is 16.8 Å². The number of methoxy groups -OCH3 is 1. The smallest absolute Gasteiger partial charge is 0.337 e. The minimum absolute atomic E-state index is 0.170. The van der Waals surface area contributed by atoms with Crippen molar-refractivity contribution in [3.8, 4) is 12.1 Å². The minimum atomic E-state index is -0.845. The summed E-state index contributed by atoms with van der Waals surface area (Å²) >= 11 is 0. The molecule has 2 amide bonds. The number of nitrogens with zero attached hydrogens (tertiary/aromatic N) is 4. The van der Waals surface area contributed by atoms with Gasteiger partial charge >= 0.3 is 5.97 Å². The molecule has 0 spiro atoms. The molecule has 0 aliphatic carbocycles. The molecule has 8 nitrogen and oxygen atoms in total. The number of ether oxygens (including phenoxy) is 1. The molecule has 0 fully saturated rings. The number of rotatable bonds is 4. The Morgan fingerprint density at radius 1 is 1.09 bits per heavy atom. The molecular weight excluding hydrogens is 432 g/mol. The van der Waals surface area contributed by atoms with E-state index in [4.69, 9.17) is 4.74 Å². The third-order valence-electron chi connectivity index (χ3n) is 6.20. The molecule has 0 N–H and O–H groups in total. The summed E-state index contributed by atoms with van der Waals surface area (Å²) in [6.07, 6.45) is 0. The van der Waals surface area contributed by atoms with Gasteiger partial charge in [-0.15, -0.1) is 0 Å². The predicted molar refractivity (Wildman–Crippen MR) is 122 cm³/mol. The lowest BCUT2D eigenvalue weighted by atomic mass is 9.75. The van der Waals surface area contributed by atoms with Crippen LogP contribution in [0.1, 0.15) is 56.4 Å². The summed E-state index contributed by atoms with van der Waals surface area (Å²) in [6, 6.07) is 16.6. The quantitative estimate of drug-likeness (QED) is 0.515. The zero-order valence-electron chi connectivity index (χ0n) is 18.8. The first kappa shape index (κ1) is 22.6. The number of allylic oxidation sites excluding steroid dienone is 1. The van der Waals surface area contributed by atoms with Gasteiger partial charge in [0.1, 0.15) is 0 Å². The molecule has 168 valence electrons. The fourth-order valence-electron chi connectivity index (χ4n) is 4.52. The van der Waals surface area contributed by atoms with Gasteiger partial charge in [-0.05, 0) is 43.7 Å². The number of imide groups is 1. The van der Waals surface area contributed by atoms with Crippen molar-refractivity contribution in [2.24, 2.45) is 10.9 Å². The van der Waals surface area contributed by atoms with Gasteiger partial charge < -0.3 is 4.74 Å². The van der Waals surface area contributed by atoms with E-state index in [1.54, 1.807) is 62.4 Å². The molecule has 2 aliphatic heterocycles. The number of carbonyl (C=O) groups excluding carboxylic acids is 3. The van der Waals surface area contributed by atoms with Crippen LogP contribution in [0.3, 0.4) is 0 Å². The van der Waals surface area contributed by atoms with Crippen molar-refractivity contribution in [2.75, 3.05) is 7.11 Å². The van der Waals surface area contributed by atoms with Crippen LogP contribution in [-0.2, 0) is 4.74 Å². The van der Waals surface area contributed by atoms with Crippen LogP contribution < -0.4 is 0 Å². The number of amides is 2. The Labute approximate surface area is 196 Å². The van der Waals surface area contributed by atoms with E-state index in [9.17, 15) is 24.9 Å². The molecule has 3 atom stereocenters. The van der Waals surface area contributed by atoms with Crippen molar-refractivity contribution >= 4 is 23.5 Å². The van der Waals surface area contributed by atoms with Gasteiger partial charge in [0.2, 0.25) is 0 Å². The van der Waals surface area contributed by atoms with Crippen LogP contribution in [0.25, 0.3) is 0 Å². The minimum Gasteiger partial charge on any atom is -0.465 e. The van der Waals surface area contributed by atoms with Crippen LogP contribution in [0.4, 0.5) is 0 Å². The highest BCUT2D eigenvalue weighted by molar-refractivity contribution is 6.21. The van der Waals surface area contributed by atoms with Crippen molar-refractivity contribution in [3.63, 3.8) is 0 Å². The molecule has 0 radical (unpaired) electrons. The normalized spacial score (nSPS) is 20.3. The molecule has 0 saturated carbocycles. The predicted octanol–water partition coefficient (Wildman–Crippen LogP) is 3.63. The fraction of sp³-hybridized carbons (Fsp3) is 0.231. The second-order valence-corrected chi connectivity index (χ2v) is 8.07. The number of benzene rings is 2. The molecule has 2 aromatic rings. The van der Waals surface area contributed by atoms with Gasteiger partial charge in [-0.25, -0.2) is 4.79 Å². The van der Waals surface area contributed by atoms with Crippen LogP contribution in [0.2, 0.25) is 0 Å². The fourth-order valence-corrected chi connectivity index (χ4v) is 4.52. The van der Waals surface area contributed by atoms with Gasteiger partial charge in [-0.2, -0.15) is 10.5 Å². The molecule has 3 unspecified atom stereocenters. The van der Waals surface area contributed by atoms with E-state index >= 15 is 0 Å². The van der Waals surface area contributed by atoms with Crippen molar-refractivity contribution in [3.05, 3.63) is 82.1 Å². The summed E-state index contributed by atoms with van der Waals surface area (Å²) in [5.74, 6) is -2.96. The zero-order chi connectivity index (χ0) is 24.6. The summed E-state index contributed by atoms with van der Waals surface area (Å²) in [7, 11) is 1.27. The standard InChI is InChI=1S/C26H20N4O4/c1-14-20(12-27)22(16-7-6-8-17(11-16)26(33)34-3)21(13-28)23(29-14)15(2)30-24(31)18-9-4-5-10-19(18)25(30)32/h4-11,15,20,22H,1-3H3. The zero-order valence-corrected chi connectivity index (χ0v) is 18.8.